The molecule has 0 aromatic rings. The Morgan fingerprint density at radius 2 is 2.36 bits per heavy atom. The van der Waals surface area contributed by atoms with E-state index in [1.165, 1.54) is 0 Å². The number of alkyl halides is 2. The van der Waals surface area contributed by atoms with Gasteiger partial charge < -0.3 is 9.84 Å². The van der Waals surface area contributed by atoms with Gasteiger partial charge in [-0.15, -0.1) is 0 Å². The molecule has 1 N–H and O–H groups in total. The van der Waals surface area contributed by atoms with Crippen molar-refractivity contribution in [1.29, 1.82) is 0 Å². The Labute approximate surface area is 62.0 Å². The second kappa shape index (κ2) is 2.73. The number of halogens is 2. The summed E-state index contributed by atoms with van der Waals surface area (Å²) in [7, 11) is 0. The third-order valence-corrected chi connectivity index (χ3v) is 1.63. The zero-order chi connectivity index (χ0) is 8.48. The first kappa shape index (κ1) is 8.39. The maximum absolute atomic E-state index is 12.6. The topological polar surface area (TPSA) is 46.5 Å². The van der Waals surface area contributed by atoms with E-state index in [0.29, 0.717) is 0 Å². The molecule has 11 heavy (non-hydrogen) atoms. The first-order valence-electron chi connectivity index (χ1n) is 3.20. The number of carboxylic acids is 1. The van der Waals surface area contributed by atoms with Gasteiger partial charge in [0.15, 0.2) is 0 Å². The van der Waals surface area contributed by atoms with E-state index in [1.807, 2.05) is 0 Å². The Balaban J connectivity index is 2.51. The highest BCUT2D eigenvalue weighted by Crippen LogP contribution is 2.33. The summed E-state index contributed by atoms with van der Waals surface area (Å²) in [6.45, 7) is -0.801. The van der Waals surface area contributed by atoms with Crippen LogP contribution in [-0.4, -0.2) is 30.2 Å². The van der Waals surface area contributed by atoms with Gasteiger partial charge in [-0.2, -0.15) is 0 Å². The SMILES string of the molecule is O=C(O)CC1COCC1(F)F. The summed E-state index contributed by atoms with van der Waals surface area (Å²) in [5.74, 6) is -5.32. The van der Waals surface area contributed by atoms with Crippen LogP contribution in [0.1, 0.15) is 6.42 Å². The Hall–Kier alpha value is -0.710. The largest absolute Gasteiger partial charge is 0.481 e. The van der Waals surface area contributed by atoms with E-state index in [0.717, 1.165) is 0 Å². The number of carbonyl (C=O) groups is 1. The molecule has 1 heterocycles. The summed E-state index contributed by atoms with van der Waals surface area (Å²) in [4.78, 5) is 10.1. The van der Waals surface area contributed by atoms with Crippen molar-refractivity contribution in [2.75, 3.05) is 13.2 Å². The third kappa shape index (κ3) is 1.86. The van der Waals surface area contributed by atoms with Crippen molar-refractivity contribution in [1.82, 2.24) is 0 Å². The Bertz CT molecular complexity index is 169. The van der Waals surface area contributed by atoms with E-state index >= 15 is 0 Å². The van der Waals surface area contributed by atoms with Crippen LogP contribution in [0.15, 0.2) is 0 Å². The van der Waals surface area contributed by atoms with Gasteiger partial charge >= 0.3 is 5.97 Å². The molecule has 0 amide bonds. The molecule has 0 spiro atoms. The average molecular weight is 166 g/mol. The summed E-state index contributed by atoms with van der Waals surface area (Å²) in [6, 6.07) is 0. The molecule has 1 unspecified atom stereocenters. The van der Waals surface area contributed by atoms with Gasteiger partial charge in [0.2, 0.25) is 0 Å². The molecule has 0 aromatic heterocycles. The minimum Gasteiger partial charge on any atom is -0.481 e. The first-order valence-corrected chi connectivity index (χ1v) is 3.20. The average Bonchev–Trinajstić information content (AvgIpc) is 2.10. The van der Waals surface area contributed by atoms with Crippen molar-refractivity contribution in [3.05, 3.63) is 0 Å². The van der Waals surface area contributed by atoms with Crippen molar-refractivity contribution in [3.63, 3.8) is 0 Å². The van der Waals surface area contributed by atoms with E-state index < -0.39 is 30.8 Å². The van der Waals surface area contributed by atoms with Crippen molar-refractivity contribution in [2.45, 2.75) is 12.3 Å². The Morgan fingerprint density at radius 3 is 2.73 bits per heavy atom. The first-order chi connectivity index (χ1) is 5.02. The van der Waals surface area contributed by atoms with Crippen LogP contribution >= 0.6 is 0 Å². The lowest BCUT2D eigenvalue weighted by molar-refractivity contribution is -0.141. The minimum atomic E-state index is -2.96. The van der Waals surface area contributed by atoms with Crippen LogP contribution in [-0.2, 0) is 9.53 Å². The standard InChI is InChI=1S/C6H8F2O3/c7-6(8)3-11-2-4(6)1-5(9)10/h4H,1-3H2,(H,9,10). The van der Waals surface area contributed by atoms with Gasteiger partial charge in [0.25, 0.3) is 5.92 Å². The third-order valence-electron chi connectivity index (χ3n) is 1.63. The molecule has 1 atom stereocenters. The monoisotopic (exact) mass is 166 g/mol. The molecule has 1 aliphatic heterocycles. The minimum absolute atomic E-state index is 0.153. The molecule has 1 rings (SSSR count). The van der Waals surface area contributed by atoms with E-state index in [-0.39, 0.29) is 6.61 Å². The molecule has 1 aliphatic rings. The highest BCUT2D eigenvalue weighted by Gasteiger charge is 2.45. The predicted molar refractivity (Wildman–Crippen MR) is 31.5 cm³/mol. The number of carboxylic acid groups (broad SMARTS) is 1. The lowest BCUT2D eigenvalue weighted by Gasteiger charge is -2.13. The predicted octanol–water partition coefficient (Wildman–Crippen LogP) is 0.743. The fraction of sp³-hybridized carbons (Fsp3) is 0.833. The summed E-state index contributed by atoms with van der Waals surface area (Å²) < 4.78 is 29.6. The highest BCUT2D eigenvalue weighted by atomic mass is 19.3. The molecule has 1 fully saturated rings. The fourth-order valence-corrected chi connectivity index (χ4v) is 0.996. The Kier molecular flexibility index (Phi) is 2.08. The van der Waals surface area contributed by atoms with Crippen LogP contribution in [0.25, 0.3) is 0 Å². The lowest BCUT2D eigenvalue weighted by Crippen LogP contribution is -2.28. The van der Waals surface area contributed by atoms with Gasteiger partial charge in [-0.25, -0.2) is 8.78 Å². The molecule has 0 aliphatic carbocycles. The second-order valence-corrected chi connectivity index (χ2v) is 2.57. The van der Waals surface area contributed by atoms with Crippen molar-refractivity contribution in [2.24, 2.45) is 5.92 Å². The van der Waals surface area contributed by atoms with Crippen molar-refractivity contribution < 1.29 is 23.4 Å². The van der Waals surface area contributed by atoms with Gasteiger partial charge in [-0.05, 0) is 0 Å². The molecule has 5 heteroatoms. The maximum Gasteiger partial charge on any atom is 0.303 e. The molecular formula is C6H8F2O3. The van der Waals surface area contributed by atoms with Crippen LogP contribution in [0.3, 0.4) is 0 Å². The van der Waals surface area contributed by atoms with Crippen molar-refractivity contribution >= 4 is 5.97 Å². The summed E-state index contributed by atoms with van der Waals surface area (Å²) in [5.41, 5.74) is 0. The summed E-state index contributed by atoms with van der Waals surface area (Å²) >= 11 is 0. The molecule has 0 saturated carbocycles. The van der Waals surface area contributed by atoms with Gasteiger partial charge in [0.05, 0.1) is 18.9 Å². The van der Waals surface area contributed by atoms with E-state index in [1.54, 1.807) is 0 Å². The fourth-order valence-electron chi connectivity index (χ4n) is 0.996. The molecule has 64 valence electrons. The number of ether oxygens (including phenoxy) is 1. The zero-order valence-corrected chi connectivity index (χ0v) is 5.72. The molecule has 0 aromatic carbocycles. The summed E-state index contributed by atoms with van der Waals surface area (Å²) in [5, 5.41) is 8.22. The number of aliphatic carboxylic acids is 1. The van der Waals surface area contributed by atoms with Crippen LogP contribution < -0.4 is 0 Å². The second-order valence-electron chi connectivity index (χ2n) is 2.57. The molecular weight excluding hydrogens is 158 g/mol. The quantitative estimate of drug-likeness (QED) is 0.658. The maximum atomic E-state index is 12.6. The van der Waals surface area contributed by atoms with Crippen LogP contribution in [0, 0.1) is 5.92 Å². The van der Waals surface area contributed by atoms with Gasteiger partial charge in [0.1, 0.15) is 6.61 Å². The molecule has 3 nitrogen and oxygen atoms in total. The number of rotatable bonds is 2. The number of hydrogen-bond donors (Lipinski definition) is 1. The van der Waals surface area contributed by atoms with Gasteiger partial charge in [0, 0.05) is 0 Å². The van der Waals surface area contributed by atoms with Crippen LogP contribution in [0.4, 0.5) is 8.78 Å². The number of hydrogen-bond acceptors (Lipinski definition) is 2. The Morgan fingerprint density at radius 1 is 1.73 bits per heavy atom. The summed E-state index contributed by atoms with van der Waals surface area (Å²) in [6.07, 6.45) is -0.521. The molecule has 0 bridgehead atoms. The van der Waals surface area contributed by atoms with Crippen LogP contribution in [0.2, 0.25) is 0 Å². The smallest absolute Gasteiger partial charge is 0.303 e. The van der Waals surface area contributed by atoms with E-state index in [9.17, 15) is 13.6 Å². The van der Waals surface area contributed by atoms with E-state index in [2.05, 4.69) is 4.74 Å². The zero-order valence-electron chi connectivity index (χ0n) is 5.72. The molecule has 0 radical (unpaired) electrons. The van der Waals surface area contributed by atoms with E-state index in [4.69, 9.17) is 5.11 Å². The normalized spacial score (nSPS) is 28.7. The lowest BCUT2D eigenvalue weighted by atomic mass is 10.0. The van der Waals surface area contributed by atoms with Gasteiger partial charge in [-0.3, -0.25) is 4.79 Å². The van der Waals surface area contributed by atoms with Gasteiger partial charge in [-0.1, -0.05) is 0 Å². The van der Waals surface area contributed by atoms with Crippen LogP contribution in [0.5, 0.6) is 0 Å². The highest BCUT2D eigenvalue weighted by molar-refractivity contribution is 5.67. The molecule has 1 saturated heterocycles. The van der Waals surface area contributed by atoms with Crippen molar-refractivity contribution in [3.8, 4) is 0 Å².